The number of halogens is 1. The second kappa shape index (κ2) is 5.53. The van der Waals surface area contributed by atoms with E-state index in [1.54, 1.807) is 11.2 Å². The molecule has 1 aromatic rings. The molecule has 1 heterocycles. The predicted octanol–water partition coefficient (Wildman–Crippen LogP) is 2.84. The van der Waals surface area contributed by atoms with Crippen molar-refractivity contribution in [2.45, 2.75) is 32.2 Å². The Bertz CT molecular complexity index is 333. The molecular weight excluding hydrogens is 270 g/mol. The second-order valence-corrected chi connectivity index (χ2v) is 5.04. The summed E-state index contributed by atoms with van der Waals surface area (Å²) in [7, 11) is 1.84. The van der Waals surface area contributed by atoms with Crippen LogP contribution in [0, 0.1) is 0 Å². The Morgan fingerprint density at radius 1 is 1.56 bits per heavy atom. The number of hydrogen-bond donors (Lipinski definition) is 0. The monoisotopic (exact) mass is 287 g/mol. The molecule has 0 aromatic carbocycles. The maximum absolute atomic E-state index is 11.9. The van der Waals surface area contributed by atoms with Crippen LogP contribution in [0.5, 0.6) is 0 Å². The molecule has 1 aromatic heterocycles. The van der Waals surface area contributed by atoms with Gasteiger partial charge in [0.1, 0.15) is 5.76 Å². The average molecular weight is 288 g/mol. The Kier molecular flexibility index (Phi) is 4.59. The van der Waals surface area contributed by atoms with Crippen molar-refractivity contribution in [2.75, 3.05) is 12.4 Å². The van der Waals surface area contributed by atoms with E-state index < -0.39 is 0 Å². The third kappa shape index (κ3) is 3.37. The highest BCUT2D eigenvalue weighted by molar-refractivity contribution is 9.09. The van der Waals surface area contributed by atoms with E-state index in [9.17, 15) is 4.79 Å². The lowest BCUT2D eigenvalue weighted by atomic mass is 10.1. The molecule has 0 saturated carbocycles. The zero-order chi connectivity index (χ0) is 12.2. The minimum Gasteiger partial charge on any atom is -0.469 e. The molecule has 0 radical (unpaired) electrons. The molecule has 0 fully saturated rings. The van der Waals surface area contributed by atoms with Crippen molar-refractivity contribution in [3.63, 3.8) is 0 Å². The highest BCUT2D eigenvalue weighted by Crippen LogP contribution is 2.17. The van der Waals surface area contributed by atoms with Gasteiger partial charge in [0.2, 0.25) is 5.91 Å². The molecule has 90 valence electrons. The van der Waals surface area contributed by atoms with Crippen molar-refractivity contribution in [3.05, 3.63) is 24.2 Å². The largest absolute Gasteiger partial charge is 0.469 e. The Morgan fingerprint density at radius 3 is 2.75 bits per heavy atom. The van der Waals surface area contributed by atoms with Gasteiger partial charge in [-0.05, 0) is 26.0 Å². The molecule has 4 heteroatoms. The van der Waals surface area contributed by atoms with Gasteiger partial charge >= 0.3 is 0 Å². The zero-order valence-corrected chi connectivity index (χ0v) is 11.6. The molecule has 3 nitrogen and oxygen atoms in total. The Balaban J connectivity index is 2.46. The van der Waals surface area contributed by atoms with Gasteiger partial charge in [0.25, 0.3) is 0 Å². The van der Waals surface area contributed by atoms with E-state index in [4.69, 9.17) is 4.42 Å². The fourth-order valence-corrected chi connectivity index (χ4v) is 1.66. The fourth-order valence-electron chi connectivity index (χ4n) is 1.28. The normalized spacial score (nSPS) is 11.5. The van der Waals surface area contributed by atoms with Crippen molar-refractivity contribution >= 4 is 21.8 Å². The van der Waals surface area contributed by atoms with Gasteiger partial charge in [-0.1, -0.05) is 15.9 Å². The molecular formula is C12H18BrNO2. The summed E-state index contributed by atoms with van der Waals surface area (Å²) in [4.78, 5) is 13.7. The van der Waals surface area contributed by atoms with Crippen LogP contribution in [-0.4, -0.2) is 28.7 Å². The molecule has 0 saturated heterocycles. The first-order chi connectivity index (χ1) is 7.47. The van der Waals surface area contributed by atoms with Gasteiger partial charge in [-0.3, -0.25) is 4.79 Å². The van der Waals surface area contributed by atoms with Crippen LogP contribution in [0.15, 0.2) is 22.8 Å². The molecule has 0 aliphatic carbocycles. The Hall–Kier alpha value is -0.770. The van der Waals surface area contributed by atoms with E-state index in [1.807, 2.05) is 33.0 Å². The average Bonchev–Trinajstić information content (AvgIpc) is 2.77. The van der Waals surface area contributed by atoms with Crippen LogP contribution in [0.1, 0.15) is 26.0 Å². The molecule has 1 amide bonds. The van der Waals surface area contributed by atoms with Gasteiger partial charge in [0.15, 0.2) is 0 Å². The van der Waals surface area contributed by atoms with Crippen molar-refractivity contribution in [2.24, 2.45) is 0 Å². The van der Waals surface area contributed by atoms with Gasteiger partial charge in [-0.25, -0.2) is 0 Å². The molecule has 0 spiro atoms. The molecule has 0 atom stereocenters. The molecule has 16 heavy (non-hydrogen) atoms. The van der Waals surface area contributed by atoms with E-state index in [-0.39, 0.29) is 11.4 Å². The van der Waals surface area contributed by atoms with Crippen LogP contribution in [-0.2, 0) is 11.2 Å². The van der Waals surface area contributed by atoms with Gasteiger partial charge in [-0.15, -0.1) is 0 Å². The van der Waals surface area contributed by atoms with Crippen molar-refractivity contribution < 1.29 is 9.21 Å². The van der Waals surface area contributed by atoms with Gasteiger partial charge in [0.05, 0.1) is 6.26 Å². The summed E-state index contributed by atoms with van der Waals surface area (Å²) < 4.78 is 5.20. The van der Waals surface area contributed by atoms with E-state index in [1.165, 1.54) is 0 Å². The standard InChI is InChI=1S/C12H18BrNO2/c1-12(2,9-13)14(3)11(15)7-6-10-5-4-8-16-10/h4-5,8H,6-7,9H2,1-3H3. The van der Waals surface area contributed by atoms with E-state index >= 15 is 0 Å². The summed E-state index contributed by atoms with van der Waals surface area (Å²) in [5, 5.41) is 0.767. The summed E-state index contributed by atoms with van der Waals surface area (Å²) in [5.41, 5.74) is -0.153. The molecule has 0 aliphatic rings. The maximum atomic E-state index is 11.9. The number of hydrogen-bond acceptors (Lipinski definition) is 2. The van der Waals surface area contributed by atoms with Crippen LogP contribution in [0.3, 0.4) is 0 Å². The van der Waals surface area contributed by atoms with Crippen LogP contribution in [0.4, 0.5) is 0 Å². The van der Waals surface area contributed by atoms with Crippen molar-refractivity contribution in [1.29, 1.82) is 0 Å². The quantitative estimate of drug-likeness (QED) is 0.781. The minimum absolute atomic E-state index is 0.140. The van der Waals surface area contributed by atoms with Crippen LogP contribution < -0.4 is 0 Å². The van der Waals surface area contributed by atoms with Gasteiger partial charge in [-0.2, -0.15) is 0 Å². The summed E-state index contributed by atoms with van der Waals surface area (Å²) in [5.74, 6) is 0.999. The van der Waals surface area contributed by atoms with Crippen LogP contribution >= 0.6 is 15.9 Å². The number of carbonyl (C=O) groups excluding carboxylic acids is 1. The number of carbonyl (C=O) groups is 1. The Labute approximate surface area is 105 Å². The summed E-state index contributed by atoms with van der Waals surface area (Å²) >= 11 is 3.42. The van der Waals surface area contributed by atoms with Crippen molar-refractivity contribution in [3.8, 4) is 0 Å². The highest BCUT2D eigenvalue weighted by atomic mass is 79.9. The number of nitrogens with zero attached hydrogens (tertiary/aromatic N) is 1. The Morgan fingerprint density at radius 2 is 2.25 bits per heavy atom. The van der Waals surface area contributed by atoms with Crippen molar-refractivity contribution in [1.82, 2.24) is 4.90 Å². The molecule has 0 aliphatic heterocycles. The first-order valence-electron chi connectivity index (χ1n) is 5.32. The third-order valence-electron chi connectivity index (χ3n) is 2.77. The first kappa shape index (κ1) is 13.3. The zero-order valence-electron chi connectivity index (χ0n) is 10.00. The van der Waals surface area contributed by atoms with Gasteiger partial charge in [0, 0.05) is 30.8 Å². The fraction of sp³-hybridized carbons (Fsp3) is 0.583. The highest BCUT2D eigenvalue weighted by Gasteiger charge is 2.25. The van der Waals surface area contributed by atoms with Crippen LogP contribution in [0.25, 0.3) is 0 Å². The number of rotatable bonds is 5. The van der Waals surface area contributed by atoms with E-state index in [2.05, 4.69) is 15.9 Å². The van der Waals surface area contributed by atoms with E-state index in [0.717, 1.165) is 11.1 Å². The lowest BCUT2D eigenvalue weighted by molar-refractivity contribution is -0.133. The third-order valence-corrected chi connectivity index (χ3v) is 4.15. The lowest BCUT2D eigenvalue weighted by Crippen LogP contribution is -2.46. The first-order valence-corrected chi connectivity index (χ1v) is 6.44. The maximum Gasteiger partial charge on any atom is 0.223 e. The number of furan rings is 1. The molecule has 1 rings (SSSR count). The lowest BCUT2D eigenvalue weighted by Gasteiger charge is -2.34. The topological polar surface area (TPSA) is 33.5 Å². The molecule has 0 unspecified atom stereocenters. The molecule has 0 bridgehead atoms. The number of alkyl halides is 1. The minimum atomic E-state index is -0.153. The predicted molar refractivity (Wildman–Crippen MR) is 67.7 cm³/mol. The summed E-state index contributed by atoms with van der Waals surface area (Å²) in [6.45, 7) is 4.07. The summed E-state index contributed by atoms with van der Waals surface area (Å²) in [6.07, 6.45) is 2.78. The molecule has 0 N–H and O–H groups in total. The van der Waals surface area contributed by atoms with Gasteiger partial charge < -0.3 is 9.32 Å². The number of aryl methyl sites for hydroxylation is 1. The summed E-state index contributed by atoms with van der Waals surface area (Å²) in [6, 6.07) is 3.73. The second-order valence-electron chi connectivity index (χ2n) is 4.48. The smallest absolute Gasteiger partial charge is 0.223 e. The van der Waals surface area contributed by atoms with E-state index in [0.29, 0.717) is 12.8 Å². The van der Waals surface area contributed by atoms with Crippen LogP contribution in [0.2, 0.25) is 0 Å². The SMILES string of the molecule is CN(C(=O)CCc1ccco1)C(C)(C)CBr. The number of amides is 1.